The molecule has 0 heterocycles. The van der Waals surface area contributed by atoms with Crippen LogP contribution in [0.3, 0.4) is 0 Å². The van der Waals surface area contributed by atoms with E-state index in [4.69, 9.17) is 9.47 Å². The number of carbonyl (C=O) groups excluding carboxylic acids is 2. The number of rotatable bonds is 71. The average Bonchev–Trinajstić information content (AvgIpc) is 3.46. The molecule has 0 fully saturated rings. The summed E-state index contributed by atoms with van der Waals surface area (Å²) < 4.78 is 10.8. The van der Waals surface area contributed by atoms with Crippen molar-refractivity contribution in [2.24, 2.45) is 0 Å². The third kappa shape index (κ3) is 69.1. The zero-order valence-electron chi connectivity index (χ0n) is 54.9. The minimum atomic E-state index is -0.767. The van der Waals surface area contributed by atoms with Crippen LogP contribution in [0.4, 0.5) is 0 Å². The molecular weight excluding hydrogens is 981 g/mol. The fraction of sp³-hybridized carbons (Fsp3) is 0.947. The lowest BCUT2D eigenvalue weighted by atomic mass is 10.0. The van der Waals surface area contributed by atoms with Gasteiger partial charge in [0.05, 0.1) is 6.61 Å². The predicted octanol–water partition coefficient (Wildman–Crippen LogP) is 25.8. The van der Waals surface area contributed by atoms with Gasteiger partial charge in [-0.1, -0.05) is 398 Å². The van der Waals surface area contributed by atoms with Crippen molar-refractivity contribution in [2.45, 2.75) is 444 Å². The van der Waals surface area contributed by atoms with E-state index in [1.54, 1.807) is 0 Å². The first-order valence-electron chi connectivity index (χ1n) is 37.2. The highest BCUT2D eigenvalue weighted by Crippen LogP contribution is 2.20. The summed E-state index contributed by atoms with van der Waals surface area (Å²) in [6.07, 6.45) is 92.8. The number of allylic oxidation sites excluding steroid dienone is 2. The first-order valence-corrected chi connectivity index (χ1v) is 37.2. The molecule has 5 heteroatoms. The number of aliphatic hydroxyl groups excluding tert-OH is 1. The standard InChI is InChI=1S/C75H146O5/c1-3-5-7-9-11-13-15-17-19-21-23-25-27-29-31-33-35-36-37-38-40-42-44-46-48-50-52-54-56-58-60-62-64-66-68-70-75(78)80-73(71-76)72-79-74(77)69-67-65-63-61-59-57-55-53-51-49-47-45-43-41-39-34-32-30-28-26-24-22-20-18-16-14-12-10-8-6-4-2/h21,23,73,76H,3-20,22,24-72H2,1-2H3/b23-21-. The van der Waals surface area contributed by atoms with Gasteiger partial charge in [0.1, 0.15) is 6.61 Å². The minimum absolute atomic E-state index is 0.0562. The molecule has 0 aliphatic heterocycles. The van der Waals surface area contributed by atoms with Gasteiger partial charge in [-0.2, -0.15) is 0 Å². The van der Waals surface area contributed by atoms with Crippen LogP contribution in [0.5, 0.6) is 0 Å². The Hall–Kier alpha value is -1.36. The second-order valence-corrected chi connectivity index (χ2v) is 25.7. The van der Waals surface area contributed by atoms with Crippen LogP contribution in [0.2, 0.25) is 0 Å². The summed E-state index contributed by atoms with van der Waals surface area (Å²) in [6.45, 7) is 4.22. The lowest BCUT2D eigenvalue weighted by Crippen LogP contribution is -2.28. The molecule has 1 N–H and O–H groups in total. The third-order valence-corrected chi connectivity index (χ3v) is 17.6. The van der Waals surface area contributed by atoms with Crippen LogP contribution in [0, 0.1) is 0 Å². The molecule has 0 amide bonds. The Morgan fingerprint density at radius 1 is 0.275 bits per heavy atom. The van der Waals surface area contributed by atoms with Crippen molar-refractivity contribution in [2.75, 3.05) is 13.2 Å². The number of carbonyl (C=O) groups is 2. The Morgan fingerprint density at radius 2 is 0.463 bits per heavy atom. The summed E-state index contributed by atoms with van der Waals surface area (Å²) in [5, 5.41) is 9.71. The van der Waals surface area contributed by atoms with Crippen LogP contribution in [0.25, 0.3) is 0 Å². The summed E-state index contributed by atoms with van der Waals surface area (Å²) >= 11 is 0. The Labute approximate surface area is 502 Å². The van der Waals surface area contributed by atoms with Gasteiger partial charge < -0.3 is 14.6 Å². The van der Waals surface area contributed by atoms with E-state index in [0.717, 1.165) is 32.1 Å². The van der Waals surface area contributed by atoms with Gasteiger partial charge in [-0.15, -0.1) is 0 Å². The molecule has 80 heavy (non-hydrogen) atoms. The Bertz CT molecular complexity index is 1180. The van der Waals surface area contributed by atoms with E-state index < -0.39 is 6.10 Å². The monoisotopic (exact) mass is 1130 g/mol. The lowest BCUT2D eigenvalue weighted by molar-refractivity contribution is -0.161. The summed E-state index contributed by atoms with van der Waals surface area (Å²) in [4.78, 5) is 24.7. The van der Waals surface area contributed by atoms with Crippen LogP contribution in [-0.2, 0) is 19.1 Å². The molecule has 0 radical (unpaired) electrons. The number of esters is 2. The largest absolute Gasteiger partial charge is 0.462 e. The highest BCUT2D eigenvalue weighted by molar-refractivity contribution is 5.70. The SMILES string of the molecule is CCCCCCCCCC/C=C\CCCCCCCCCCCCCCCCCCCCCCCCCC(=O)OC(CO)COC(=O)CCCCCCCCCCCCCCCCCCCCCCCCCCCCCCCCC. The van der Waals surface area contributed by atoms with E-state index in [9.17, 15) is 14.7 Å². The molecule has 0 spiro atoms. The van der Waals surface area contributed by atoms with Crippen molar-refractivity contribution in [3.8, 4) is 0 Å². The zero-order chi connectivity index (χ0) is 57.6. The molecule has 0 aromatic carbocycles. The fourth-order valence-corrected chi connectivity index (χ4v) is 12.0. The summed E-state index contributed by atoms with van der Waals surface area (Å²) in [7, 11) is 0. The smallest absolute Gasteiger partial charge is 0.306 e. The van der Waals surface area contributed by atoms with Crippen molar-refractivity contribution in [3.05, 3.63) is 12.2 Å². The maximum atomic E-state index is 12.4. The predicted molar refractivity (Wildman–Crippen MR) is 353 cm³/mol. The second-order valence-electron chi connectivity index (χ2n) is 25.7. The van der Waals surface area contributed by atoms with E-state index in [1.165, 1.54) is 379 Å². The van der Waals surface area contributed by atoms with Gasteiger partial charge in [-0.25, -0.2) is 0 Å². The molecule has 1 unspecified atom stereocenters. The highest BCUT2D eigenvalue weighted by atomic mass is 16.6. The average molecular weight is 1130 g/mol. The van der Waals surface area contributed by atoms with Crippen molar-refractivity contribution in [1.82, 2.24) is 0 Å². The number of hydrogen-bond acceptors (Lipinski definition) is 5. The van der Waals surface area contributed by atoms with E-state index in [2.05, 4.69) is 26.0 Å². The second kappa shape index (κ2) is 71.9. The molecule has 0 aliphatic carbocycles. The Kier molecular flexibility index (Phi) is 70.7. The molecule has 0 bridgehead atoms. The highest BCUT2D eigenvalue weighted by Gasteiger charge is 2.16. The van der Waals surface area contributed by atoms with E-state index in [1.807, 2.05) is 0 Å². The topological polar surface area (TPSA) is 72.8 Å². The van der Waals surface area contributed by atoms with Gasteiger partial charge in [0.25, 0.3) is 0 Å². The maximum absolute atomic E-state index is 12.4. The summed E-state index contributed by atoms with van der Waals surface area (Å²) in [5.74, 6) is -0.559. The van der Waals surface area contributed by atoms with Crippen LogP contribution in [0.1, 0.15) is 438 Å². The first kappa shape index (κ1) is 78.6. The molecule has 0 rings (SSSR count). The van der Waals surface area contributed by atoms with E-state index in [-0.39, 0.29) is 25.2 Å². The van der Waals surface area contributed by atoms with Crippen LogP contribution in [0.15, 0.2) is 12.2 Å². The summed E-state index contributed by atoms with van der Waals surface area (Å²) in [5.41, 5.74) is 0. The number of aliphatic hydroxyl groups is 1. The normalized spacial score (nSPS) is 12.1. The number of ether oxygens (including phenoxy) is 2. The van der Waals surface area contributed by atoms with Gasteiger partial charge in [0.2, 0.25) is 0 Å². The van der Waals surface area contributed by atoms with Crippen LogP contribution >= 0.6 is 0 Å². The molecule has 0 saturated carbocycles. The van der Waals surface area contributed by atoms with Crippen LogP contribution < -0.4 is 0 Å². The van der Waals surface area contributed by atoms with Crippen molar-refractivity contribution in [3.63, 3.8) is 0 Å². The fourth-order valence-electron chi connectivity index (χ4n) is 12.0. The Morgan fingerprint density at radius 3 is 0.675 bits per heavy atom. The molecule has 0 aromatic rings. The zero-order valence-corrected chi connectivity index (χ0v) is 54.9. The molecule has 0 aliphatic rings. The van der Waals surface area contributed by atoms with E-state index >= 15 is 0 Å². The first-order chi connectivity index (χ1) is 39.6. The number of unbranched alkanes of at least 4 members (excludes halogenated alkanes) is 61. The van der Waals surface area contributed by atoms with E-state index in [0.29, 0.717) is 12.8 Å². The van der Waals surface area contributed by atoms with Gasteiger partial charge in [0.15, 0.2) is 6.10 Å². The quantitative estimate of drug-likeness (QED) is 0.0373. The van der Waals surface area contributed by atoms with Crippen LogP contribution in [-0.4, -0.2) is 36.4 Å². The molecule has 476 valence electrons. The molecule has 5 nitrogen and oxygen atoms in total. The van der Waals surface area contributed by atoms with Gasteiger partial charge in [-0.3, -0.25) is 9.59 Å². The Balaban J connectivity index is 3.35. The van der Waals surface area contributed by atoms with Crippen molar-refractivity contribution in [1.29, 1.82) is 0 Å². The van der Waals surface area contributed by atoms with Gasteiger partial charge in [-0.05, 0) is 38.5 Å². The maximum Gasteiger partial charge on any atom is 0.306 e. The number of hydrogen-bond donors (Lipinski definition) is 1. The van der Waals surface area contributed by atoms with Gasteiger partial charge >= 0.3 is 11.9 Å². The minimum Gasteiger partial charge on any atom is -0.462 e. The molecule has 1 atom stereocenters. The third-order valence-electron chi connectivity index (χ3n) is 17.6. The lowest BCUT2D eigenvalue weighted by Gasteiger charge is -2.15. The molecular formula is C75H146O5. The van der Waals surface area contributed by atoms with Crippen molar-refractivity contribution >= 4 is 11.9 Å². The molecule has 0 aromatic heterocycles. The summed E-state index contributed by atoms with van der Waals surface area (Å²) in [6, 6.07) is 0. The molecule has 0 saturated heterocycles. The van der Waals surface area contributed by atoms with Crippen molar-refractivity contribution < 1.29 is 24.2 Å². The van der Waals surface area contributed by atoms with Gasteiger partial charge in [0, 0.05) is 12.8 Å².